The molecule has 0 unspecified atom stereocenters. The highest BCUT2D eigenvalue weighted by atomic mass is 32.1. The lowest BCUT2D eigenvalue weighted by Gasteiger charge is -2.11. The van der Waals surface area contributed by atoms with Gasteiger partial charge in [0.2, 0.25) is 0 Å². The first-order chi connectivity index (χ1) is 27.7. The summed E-state index contributed by atoms with van der Waals surface area (Å²) >= 11 is 1.85. The van der Waals surface area contributed by atoms with Crippen LogP contribution in [0.5, 0.6) is 0 Å². The van der Waals surface area contributed by atoms with Gasteiger partial charge >= 0.3 is 0 Å². The highest BCUT2D eigenvalue weighted by molar-refractivity contribution is 7.26. The summed E-state index contributed by atoms with van der Waals surface area (Å²) in [6, 6.07) is 65.8. The number of benzene rings is 8. The van der Waals surface area contributed by atoms with Crippen molar-refractivity contribution in [3.8, 4) is 67.5 Å². The fourth-order valence-corrected chi connectivity index (χ4v) is 9.00. The van der Waals surface area contributed by atoms with Gasteiger partial charge in [-0.3, -0.25) is 0 Å². The Morgan fingerprint density at radius 2 is 0.929 bits per heavy atom. The van der Waals surface area contributed by atoms with Gasteiger partial charge in [-0.25, -0.2) is 15.0 Å². The Morgan fingerprint density at radius 3 is 1.68 bits per heavy atom. The molecular formula is C51H31N3OS. The predicted molar refractivity (Wildman–Crippen MR) is 233 cm³/mol. The first kappa shape index (κ1) is 32.2. The van der Waals surface area contributed by atoms with Crippen molar-refractivity contribution in [1.29, 1.82) is 0 Å². The van der Waals surface area contributed by atoms with E-state index in [1.54, 1.807) is 0 Å². The van der Waals surface area contributed by atoms with Gasteiger partial charge in [0, 0.05) is 42.1 Å². The average molecular weight is 734 g/mol. The average Bonchev–Trinajstić information content (AvgIpc) is 3.85. The lowest BCUT2D eigenvalue weighted by atomic mass is 9.92. The topological polar surface area (TPSA) is 51.8 Å². The molecule has 0 atom stereocenters. The number of hydrogen-bond donors (Lipinski definition) is 0. The molecule has 4 nitrogen and oxygen atoms in total. The maximum absolute atomic E-state index is 6.68. The van der Waals surface area contributed by atoms with Crippen molar-refractivity contribution >= 4 is 53.4 Å². The summed E-state index contributed by atoms with van der Waals surface area (Å²) in [6.07, 6.45) is 0. The van der Waals surface area contributed by atoms with Crippen LogP contribution in [0.4, 0.5) is 0 Å². The summed E-state index contributed by atoms with van der Waals surface area (Å²) in [5, 5.41) is 4.64. The van der Waals surface area contributed by atoms with E-state index in [1.807, 2.05) is 78.1 Å². The van der Waals surface area contributed by atoms with Crippen molar-refractivity contribution in [3.05, 3.63) is 188 Å². The number of nitrogens with zero attached hydrogens (tertiary/aromatic N) is 3. The second-order valence-electron chi connectivity index (χ2n) is 14.0. The third-order valence-electron chi connectivity index (χ3n) is 10.5. The van der Waals surface area contributed by atoms with E-state index in [2.05, 4.69) is 121 Å². The van der Waals surface area contributed by atoms with Crippen molar-refractivity contribution in [2.45, 2.75) is 0 Å². The third-order valence-corrected chi connectivity index (χ3v) is 11.6. The smallest absolute Gasteiger partial charge is 0.167 e. The van der Waals surface area contributed by atoms with Gasteiger partial charge in [0.05, 0.1) is 5.56 Å². The summed E-state index contributed by atoms with van der Waals surface area (Å²) in [5.74, 6) is 1.80. The molecule has 0 saturated heterocycles. The Hall–Kier alpha value is -7.21. The van der Waals surface area contributed by atoms with Crippen LogP contribution >= 0.6 is 11.3 Å². The standard InChI is InChI=1S/C51H31N3OS/c1-4-14-32(15-5-1)35-20-12-21-37(28-35)42-30-38(31-46-47(42)40-22-10-11-25-45(40)56-46)36-26-27-44-43(29-36)39-23-13-24-41(48(39)55-44)51-53-49(33-16-6-2-7-17-33)52-50(54-51)34-18-8-3-9-19-34/h1-31H. The monoisotopic (exact) mass is 733 g/mol. The second-order valence-corrected chi connectivity index (χ2v) is 15.1. The fraction of sp³-hybridized carbons (Fsp3) is 0. The molecule has 0 aliphatic carbocycles. The molecular weight excluding hydrogens is 703 g/mol. The van der Waals surface area contributed by atoms with Gasteiger partial charge in [-0.1, -0.05) is 146 Å². The zero-order valence-electron chi connectivity index (χ0n) is 30.1. The van der Waals surface area contributed by atoms with E-state index >= 15 is 0 Å². The molecule has 0 saturated carbocycles. The Bertz CT molecular complexity index is 3180. The van der Waals surface area contributed by atoms with Crippen molar-refractivity contribution in [3.63, 3.8) is 0 Å². The molecule has 0 aliphatic rings. The van der Waals surface area contributed by atoms with Crippen LogP contribution < -0.4 is 0 Å². The van der Waals surface area contributed by atoms with Gasteiger partial charge in [-0.15, -0.1) is 11.3 Å². The highest BCUT2D eigenvalue weighted by Gasteiger charge is 2.19. The van der Waals surface area contributed by atoms with Crippen molar-refractivity contribution in [1.82, 2.24) is 15.0 Å². The van der Waals surface area contributed by atoms with Gasteiger partial charge in [-0.05, 0) is 75.8 Å². The zero-order chi connectivity index (χ0) is 37.0. The number of hydrogen-bond acceptors (Lipinski definition) is 5. The molecule has 8 aromatic carbocycles. The molecule has 3 aromatic heterocycles. The number of thiophene rings is 1. The molecule has 262 valence electrons. The Balaban J connectivity index is 1.08. The second kappa shape index (κ2) is 13.3. The fourth-order valence-electron chi connectivity index (χ4n) is 7.83. The van der Waals surface area contributed by atoms with E-state index in [4.69, 9.17) is 19.4 Å². The summed E-state index contributed by atoms with van der Waals surface area (Å²) in [7, 11) is 0. The lowest BCUT2D eigenvalue weighted by molar-refractivity contribution is 0.669. The van der Waals surface area contributed by atoms with Crippen LogP contribution in [0.1, 0.15) is 0 Å². The number of fused-ring (bicyclic) bond motifs is 6. The number of para-hydroxylation sites is 1. The van der Waals surface area contributed by atoms with Gasteiger partial charge in [-0.2, -0.15) is 0 Å². The summed E-state index contributed by atoms with van der Waals surface area (Å²) in [6.45, 7) is 0. The normalized spacial score (nSPS) is 11.6. The Kier molecular flexibility index (Phi) is 7.64. The SMILES string of the molecule is c1ccc(-c2cccc(-c3cc(-c4ccc5oc6c(-c7nc(-c8ccccc8)nc(-c8ccccc8)n7)cccc6c5c4)cc4sc5ccccc5c34)c2)cc1. The zero-order valence-corrected chi connectivity index (χ0v) is 30.9. The van der Waals surface area contributed by atoms with Crippen LogP contribution in [-0.4, -0.2) is 15.0 Å². The molecule has 0 aliphatic heterocycles. The molecule has 0 fully saturated rings. The molecule has 11 rings (SSSR count). The predicted octanol–water partition coefficient (Wildman–Crippen LogP) is 14.1. The van der Waals surface area contributed by atoms with Crippen LogP contribution in [0.15, 0.2) is 192 Å². The minimum Gasteiger partial charge on any atom is -0.455 e. The van der Waals surface area contributed by atoms with Gasteiger partial charge in [0.1, 0.15) is 11.2 Å². The van der Waals surface area contributed by atoms with Crippen molar-refractivity contribution in [2.24, 2.45) is 0 Å². The first-order valence-electron chi connectivity index (χ1n) is 18.7. The lowest BCUT2D eigenvalue weighted by Crippen LogP contribution is -2.00. The summed E-state index contributed by atoms with van der Waals surface area (Å²) in [5.41, 5.74) is 11.4. The van der Waals surface area contributed by atoms with Crippen LogP contribution in [0, 0.1) is 0 Å². The third kappa shape index (κ3) is 5.56. The minimum atomic E-state index is 0.570. The van der Waals surface area contributed by atoms with E-state index < -0.39 is 0 Å². The van der Waals surface area contributed by atoms with Crippen LogP contribution in [0.25, 0.3) is 110 Å². The molecule has 5 heteroatoms. The number of furan rings is 1. The van der Waals surface area contributed by atoms with Crippen molar-refractivity contribution in [2.75, 3.05) is 0 Å². The largest absolute Gasteiger partial charge is 0.455 e. The molecule has 56 heavy (non-hydrogen) atoms. The van der Waals surface area contributed by atoms with Gasteiger partial charge in [0.15, 0.2) is 17.5 Å². The Labute approximate surface area is 327 Å². The summed E-state index contributed by atoms with van der Waals surface area (Å²) in [4.78, 5) is 14.9. The van der Waals surface area contributed by atoms with Crippen molar-refractivity contribution < 1.29 is 4.42 Å². The van der Waals surface area contributed by atoms with Crippen LogP contribution in [0.2, 0.25) is 0 Å². The molecule has 3 heterocycles. The van der Waals surface area contributed by atoms with Crippen LogP contribution in [0.3, 0.4) is 0 Å². The quantitative estimate of drug-likeness (QED) is 0.171. The maximum atomic E-state index is 6.68. The van der Waals surface area contributed by atoms with E-state index in [9.17, 15) is 0 Å². The molecule has 0 amide bonds. The van der Waals surface area contributed by atoms with E-state index in [1.165, 1.54) is 42.4 Å². The minimum absolute atomic E-state index is 0.570. The molecule has 0 spiro atoms. The molecule has 0 bridgehead atoms. The first-order valence-corrected chi connectivity index (χ1v) is 19.5. The summed E-state index contributed by atoms with van der Waals surface area (Å²) < 4.78 is 9.23. The number of rotatable bonds is 6. The van der Waals surface area contributed by atoms with Gasteiger partial charge in [0.25, 0.3) is 0 Å². The van der Waals surface area contributed by atoms with E-state index in [-0.39, 0.29) is 0 Å². The Morgan fingerprint density at radius 1 is 0.339 bits per heavy atom. The molecule has 0 N–H and O–H groups in total. The highest BCUT2D eigenvalue weighted by Crippen LogP contribution is 2.44. The maximum Gasteiger partial charge on any atom is 0.167 e. The molecule has 11 aromatic rings. The van der Waals surface area contributed by atoms with E-state index in [0.29, 0.717) is 17.5 Å². The molecule has 0 radical (unpaired) electrons. The van der Waals surface area contributed by atoms with Gasteiger partial charge < -0.3 is 4.42 Å². The van der Waals surface area contributed by atoms with E-state index in [0.717, 1.165) is 49.8 Å². The number of aromatic nitrogens is 3. The van der Waals surface area contributed by atoms with Crippen LogP contribution in [-0.2, 0) is 0 Å².